The number of aliphatic hydroxyl groups is 1. The summed E-state index contributed by atoms with van der Waals surface area (Å²) in [7, 11) is -0.997. The third-order valence-electron chi connectivity index (χ3n) is 8.98. The Labute approximate surface area is 263 Å². The highest BCUT2D eigenvalue weighted by Gasteiger charge is 2.53. The molecule has 250 valence electrons. The monoisotopic (exact) mass is 671 g/mol. The molecule has 2 aromatic rings. The van der Waals surface area contributed by atoms with Crippen molar-refractivity contribution in [1.82, 2.24) is 18.6 Å². The number of fused-ring (bicyclic) bond motifs is 1. The third-order valence-corrected chi connectivity index (χ3v) is 10.9. The molecule has 0 aliphatic carbocycles. The van der Waals surface area contributed by atoms with Crippen LogP contribution in [0.25, 0.3) is 0 Å². The lowest BCUT2D eigenvalue weighted by atomic mass is 9.87. The number of hydrogen-bond acceptors (Lipinski definition) is 6. The number of anilines is 1. The Morgan fingerprint density at radius 3 is 2.41 bits per heavy atom. The number of nitrogens with zero attached hydrogens (tertiary/aromatic N) is 4. The number of rotatable bonds is 7. The zero-order valence-electron chi connectivity index (χ0n) is 25.4. The Morgan fingerprint density at radius 2 is 1.78 bits per heavy atom. The molecule has 2 N–H and O–H groups in total. The molecule has 2 fully saturated rings. The number of aliphatic hydroxyl groups excluding tert-OH is 1. The van der Waals surface area contributed by atoms with Crippen LogP contribution in [0.1, 0.15) is 55.2 Å². The summed E-state index contributed by atoms with van der Waals surface area (Å²) in [6.45, 7) is 1.49. The quantitative estimate of drug-likeness (QED) is 0.331. The Balaban J connectivity index is 1.48. The van der Waals surface area contributed by atoms with Crippen molar-refractivity contribution in [3.05, 3.63) is 76.1 Å². The fraction of sp³-hybridized carbons (Fsp3) is 0.467. The van der Waals surface area contributed by atoms with E-state index in [1.165, 1.54) is 35.5 Å². The maximum Gasteiger partial charge on any atom is 0.416 e. The summed E-state index contributed by atoms with van der Waals surface area (Å²) in [6.07, 6.45) is -3.56. The van der Waals surface area contributed by atoms with Crippen LogP contribution in [0.4, 0.5) is 27.6 Å². The predicted octanol–water partition coefficient (Wildman–Crippen LogP) is 4.53. The van der Waals surface area contributed by atoms with Crippen LogP contribution < -0.4 is 5.32 Å². The summed E-state index contributed by atoms with van der Waals surface area (Å²) in [5.41, 5.74) is -2.98. The summed E-state index contributed by atoms with van der Waals surface area (Å²) in [5, 5.41) is 16.4. The molecule has 5 rings (SSSR count). The first kappa shape index (κ1) is 33.8. The van der Waals surface area contributed by atoms with Gasteiger partial charge in [0, 0.05) is 45.0 Å². The molecule has 10 nitrogen and oxygen atoms in total. The van der Waals surface area contributed by atoms with Crippen molar-refractivity contribution in [1.29, 1.82) is 0 Å². The van der Waals surface area contributed by atoms with Gasteiger partial charge in [-0.25, -0.2) is 13.8 Å². The fourth-order valence-electron chi connectivity index (χ4n) is 6.38. The minimum absolute atomic E-state index is 0.0268. The zero-order valence-corrected chi connectivity index (χ0v) is 26.2. The highest BCUT2D eigenvalue weighted by Crippen LogP contribution is 2.43. The lowest BCUT2D eigenvalue weighted by Gasteiger charge is -2.46. The van der Waals surface area contributed by atoms with Gasteiger partial charge in [-0.1, -0.05) is 12.1 Å². The number of alkyl halides is 3. The van der Waals surface area contributed by atoms with E-state index in [0.717, 1.165) is 33.6 Å². The first-order valence-electron chi connectivity index (χ1n) is 14.6. The minimum Gasteiger partial charge on any atom is -0.509 e. The topological polar surface area (TPSA) is 114 Å². The number of nitrogens with one attached hydrogen (secondary N) is 1. The summed E-state index contributed by atoms with van der Waals surface area (Å²) in [5.74, 6) is -5.49. The lowest BCUT2D eigenvalue weighted by molar-refractivity contribution is -0.160. The molecule has 0 spiro atoms. The summed E-state index contributed by atoms with van der Waals surface area (Å²) >= 11 is 0. The number of amides is 2. The average molecular weight is 672 g/mol. The molecule has 3 heterocycles. The van der Waals surface area contributed by atoms with Crippen molar-refractivity contribution < 1.29 is 45.1 Å². The first-order valence-corrected chi connectivity index (χ1v) is 16.0. The Morgan fingerprint density at radius 1 is 1.11 bits per heavy atom. The zero-order chi connectivity index (χ0) is 33.8. The number of carbonyl (C=O) groups excluding carboxylic acids is 2. The van der Waals surface area contributed by atoms with Crippen molar-refractivity contribution in [2.45, 2.75) is 56.8 Å². The van der Waals surface area contributed by atoms with Crippen LogP contribution in [-0.4, -0.2) is 83.2 Å². The SMILES string of the molecule is CN(C)S(=O)(=O)N1CCC(c2cc(C(F)(F)F)ccc2NC(=O)C2=C(O)[C@@]3(C)CCCN3N(Cc3cccc(F)c3F)C2=O)CC1. The standard InChI is InChI=1S/C30H34F5N5O5S/c1-29-12-5-13-40(29)39(17-19-6-4-7-22(31)25(19)32)28(43)24(26(29)41)27(42)36-23-9-8-20(30(33,34)35)16-21(23)18-10-14-38(15-11-18)46(44,45)37(2)3/h4,6-9,16,18,41H,5,10-15,17H2,1-3H3,(H,36,42)/t29-/m1/s1. The molecule has 0 unspecified atom stereocenters. The molecule has 46 heavy (non-hydrogen) atoms. The van der Waals surface area contributed by atoms with E-state index < -0.39 is 74.7 Å². The van der Waals surface area contributed by atoms with Gasteiger partial charge in [0.15, 0.2) is 11.6 Å². The van der Waals surface area contributed by atoms with Gasteiger partial charge in [0.05, 0.1) is 17.6 Å². The maximum absolute atomic E-state index is 14.6. The number of benzene rings is 2. The third kappa shape index (κ3) is 5.98. The largest absolute Gasteiger partial charge is 0.509 e. The minimum atomic E-state index is -4.71. The second-order valence-electron chi connectivity index (χ2n) is 12.0. The molecular formula is C30H34F5N5O5S. The van der Waals surface area contributed by atoms with Gasteiger partial charge in [-0.3, -0.25) is 14.6 Å². The number of hydrazine groups is 1. The van der Waals surface area contributed by atoms with E-state index in [4.69, 9.17) is 0 Å². The number of hydrogen-bond donors (Lipinski definition) is 2. The van der Waals surface area contributed by atoms with Gasteiger partial charge in [0.1, 0.15) is 11.3 Å². The Bertz CT molecular complexity index is 1690. The molecule has 0 bridgehead atoms. The highest BCUT2D eigenvalue weighted by atomic mass is 32.2. The molecular weight excluding hydrogens is 637 g/mol. The van der Waals surface area contributed by atoms with E-state index in [2.05, 4.69) is 5.32 Å². The fourth-order valence-corrected chi connectivity index (χ4v) is 7.52. The van der Waals surface area contributed by atoms with Gasteiger partial charge >= 0.3 is 6.18 Å². The van der Waals surface area contributed by atoms with E-state index in [1.807, 2.05) is 0 Å². The molecule has 16 heteroatoms. The molecule has 3 aliphatic rings. The van der Waals surface area contributed by atoms with Crippen molar-refractivity contribution in [2.75, 3.05) is 39.0 Å². The smallest absolute Gasteiger partial charge is 0.416 e. The van der Waals surface area contributed by atoms with Gasteiger partial charge in [-0.2, -0.15) is 30.2 Å². The van der Waals surface area contributed by atoms with Crippen molar-refractivity contribution >= 4 is 27.7 Å². The molecule has 3 aliphatic heterocycles. The van der Waals surface area contributed by atoms with E-state index in [9.17, 15) is 45.1 Å². The van der Waals surface area contributed by atoms with Crippen LogP contribution in [0.5, 0.6) is 0 Å². The molecule has 2 amide bonds. The van der Waals surface area contributed by atoms with E-state index in [1.54, 1.807) is 6.92 Å². The van der Waals surface area contributed by atoms with Gasteiger partial charge in [-0.05, 0) is 68.4 Å². The van der Waals surface area contributed by atoms with Crippen LogP contribution >= 0.6 is 0 Å². The van der Waals surface area contributed by atoms with Crippen LogP contribution in [0.3, 0.4) is 0 Å². The molecule has 0 saturated carbocycles. The summed E-state index contributed by atoms with van der Waals surface area (Å²) in [4.78, 5) is 27.6. The Hall–Kier alpha value is -3.60. The molecule has 0 aromatic heterocycles. The highest BCUT2D eigenvalue weighted by molar-refractivity contribution is 7.86. The number of carbonyl (C=O) groups is 2. The van der Waals surface area contributed by atoms with Gasteiger partial charge in [-0.15, -0.1) is 0 Å². The van der Waals surface area contributed by atoms with Crippen LogP contribution in [-0.2, 0) is 32.5 Å². The van der Waals surface area contributed by atoms with Crippen molar-refractivity contribution in [2.24, 2.45) is 0 Å². The molecule has 2 saturated heterocycles. The van der Waals surface area contributed by atoms with E-state index >= 15 is 0 Å². The van der Waals surface area contributed by atoms with E-state index in [-0.39, 0.29) is 49.3 Å². The normalized spacial score (nSPS) is 22.1. The summed E-state index contributed by atoms with van der Waals surface area (Å²) < 4.78 is 97.3. The molecule has 0 radical (unpaired) electrons. The number of halogens is 5. The average Bonchev–Trinajstić information content (AvgIpc) is 3.40. The van der Waals surface area contributed by atoms with Gasteiger partial charge < -0.3 is 10.4 Å². The van der Waals surface area contributed by atoms with Crippen LogP contribution in [0, 0.1) is 11.6 Å². The second kappa shape index (κ2) is 12.2. The maximum atomic E-state index is 14.6. The van der Waals surface area contributed by atoms with Gasteiger partial charge in [0.2, 0.25) is 0 Å². The molecule has 2 aromatic carbocycles. The second-order valence-corrected chi connectivity index (χ2v) is 14.2. The predicted molar refractivity (Wildman–Crippen MR) is 157 cm³/mol. The van der Waals surface area contributed by atoms with Crippen LogP contribution in [0.15, 0.2) is 47.7 Å². The van der Waals surface area contributed by atoms with Crippen molar-refractivity contribution in [3.8, 4) is 0 Å². The Kier molecular flexibility index (Phi) is 8.96. The molecule has 1 atom stereocenters. The lowest BCUT2D eigenvalue weighted by Crippen LogP contribution is -2.60. The van der Waals surface area contributed by atoms with Crippen molar-refractivity contribution in [3.63, 3.8) is 0 Å². The number of piperidine rings is 1. The van der Waals surface area contributed by atoms with Gasteiger partial charge in [0.25, 0.3) is 22.0 Å². The van der Waals surface area contributed by atoms with E-state index in [0.29, 0.717) is 12.8 Å². The van der Waals surface area contributed by atoms with Crippen LogP contribution in [0.2, 0.25) is 0 Å². The first-order chi connectivity index (χ1) is 21.5. The summed E-state index contributed by atoms with van der Waals surface area (Å²) in [6, 6.07) is 6.23.